The molecule has 0 radical (unpaired) electrons. The van der Waals surface area contributed by atoms with Gasteiger partial charge in [0, 0.05) is 19.4 Å². The van der Waals surface area contributed by atoms with Gasteiger partial charge in [0.05, 0.1) is 12.6 Å². The maximum absolute atomic E-state index is 12.2. The van der Waals surface area contributed by atoms with Gasteiger partial charge in [0.25, 0.3) is 0 Å². The van der Waals surface area contributed by atoms with Crippen LogP contribution in [0.1, 0.15) is 35.6 Å². The van der Waals surface area contributed by atoms with Gasteiger partial charge in [-0.05, 0) is 49.7 Å². The third-order valence-electron chi connectivity index (χ3n) is 4.93. The van der Waals surface area contributed by atoms with Gasteiger partial charge in [-0.1, -0.05) is 42.5 Å². The Bertz CT molecular complexity index is 728. The van der Waals surface area contributed by atoms with Crippen molar-refractivity contribution in [2.75, 3.05) is 27.2 Å². The van der Waals surface area contributed by atoms with Crippen LogP contribution in [0.2, 0.25) is 0 Å². The number of amides is 1. The van der Waals surface area contributed by atoms with Crippen molar-refractivity contribution in [1.29, 1.82) is 0 Å². The quantitative estimate of drug-likeness (QED) is 0.792. The van der Waals surface area contributed by atoms with E-state index in [1.807, 2.05) is 18.2 Å². The van der Waals surface area contributed by atoms with E-state index in [4.69, 9.17) is 4.74 Å². The molecule has 0 saturated carbocycles. The van der Waals surface area contributed by atoms with Crippen LogP contribution in [0.4, 0.5) is 0 Å². The van der Waals surface area contributed by atoms with E-state index in [-0.39, 0.29) is 11.9 Å². The molecule has 26 heavy (non-hydrogen) atoms. The fourth-order valence-electron chi connectivity index (χ4n) is 3.41. The Hall–Kier alpha value is -2.33. The third kappa shape index (κ3) is 4.85. The largest absolute Gasteiger partial charge is 0.493 e. The summed E-state index contributed by atoms with van der Waals surface area (Å²) in [6.07, 6.45) is 3.34. The summed E-state index contributed by atoms with van der Waals surface area (Å²) >= 11 is 0. The molecule has 2 aromatic carbocycles. The maximum atomic E-state index is 12.2. The molecule has 1 heterocycles. The van der Waals surface area contributed by atoms with Crippen LogP contribution in [-0.4, -0.2) is 38.1 Å². The highest BCUT2D eigenvalue weighted by atomic mass is 16.5. The van der Waals surface area contributed by atoms with Crippen LogP contribution < -0.4 is 10.1 Å². The molecule has 1 N–H and O–H groups in total. The molecule has 0 fully saturated rings. The second kappa shape index (κ2) is 8.86. The second-order valence-corrected chi connectivity index (χ2v) is 7.09. The van der Waals surface area contributed by atoms with E-state index in [1.165, 1.54) is 16.7 Å². The molecule has 0 saturated heterocycles. The van der Waals surface area contributed by atoms with Crippen molar-refractivity contribution in [3.63, 3.8) is 0 Å². The van der Waals surface area contributed by atoms with E-state index in [2.05, 4.69) is 54.6 Å². The molecule has 1 aliphatic heterocycles. The Kier molecular flexibility index (Phi) is 6.29. The Morgan fingerprint density at radius 1 is 1.19 bits per heavy atom. The summed E-state index contributed by atoms with van der Waals surface area (Å²) in [4.78, 5) is 14.4. The number of benzene rings is 2. The zero-order valence-electron chi connectivity index (χ0n) is 15.7. The number of ether oxygens (including phenoxy) is 1. The highest BCUT2D eigenvalue weighted by molar-refractivity contribution is 5.75. The van der Waals surface area contributed by atoms with Crippen LogP contribution in [0.3, 0.4) is 0 Å². The highest BCUT2D eigenvalue weighted by Gasteiger charge is 2.19. The number of rotatable bonds is 8. The minimum atomic E-state index is 0.122. The lowest BCUT2D eigenvalue weighted by Crippen LogP contribution is -2.34. The van der Waals surface area contributed by atoms with Crippen LogP contribution in [0.5, 0.6) is 5.75 Å². The average molecular weight is 352 g/mol. The molecular formula is C22H28N2O2. The van der Waals surface area contributed by atoms with Crippen molar-refractivity contribution in [3.8, 4) is 5.75 Å². The first kappa shape index (κ1) is 18.5. The standard InChI is InChI=1S/C22H28N2O2/c1-24(2)20(18-11-12-21-19(15-18)13-14-26-21)16-23-22(25)10-6-9-17-7-4-3-5-8-17/h3-5,7-8,11-12,15,20H,6,9-10,13-14,16H2,1-2H3,(H,23,25). The van der Waals surface area contributed by atoms with Crippen LogP contribution >= 0.6 is 0 Å². The van der Waals surface area contributed by atoms with Crippen molar-refractivity contribution in [3.05, 3.63) is 65.2 Å². The summed E-state index contributed by atoms with van der Waals surface area (Å²) in [7, 11) is 4.10. The zero-order chi connectivity index (χ0) is 18.4. The van der Waals surface area contributed by atoms with Gasteiger partial charge in [0.2, 0.25) is 5.91 Å². The summed E-state index contributed by atoms with van der Waals surface area (Å²) in [5.74, 6) is 1.12. The van der Waals surface area contributed by atoms with Crippen molar-refractivity contribution < 1.29 is 9.53 Å². The van der Waals surface area contributed by atoms with Gasteiger partial charge in [-0.3, -0.25) is 4.79 Å². The van der Waals surface area contributed by atoms with Gasteiger partial charge in [-0.15, -0.1) is 0 Å². The fraction of sp³-hybridized carbons (Fsp3) is 0.409. The van der Waals surface area contributed by atoms with Crippen LogP contribution in [-0.2, 0) is 17.6 Å². The molecule has 1 amide bonds. The van der Waals surface area contributed by atoms with Crippen LogP contribution in [0.25, 0.3) is 0 Å². The fourth-order valence-corrected chi connectivity index (χ4v) is 3.41. The van der Waals surface area contributed by atoms with Crippen LogP contribution in [0.15, 0.2) is 48.5 Å². The van der Waals surface area contributed by atoms with Crippen molar-refractivity contribution in [1.82, 2.24) is 10.2 Å². The number of carbonyl (C=O) groups is 1. The summed E-state index contributed by atoms with van der Waals surface area (Å²) in [5.41, 5.74) is 3.78. The zero-order valence-corrected chi connectivity index (χ0v) is 15.7. The molecule has 2 aromatic rings. The molecule has 0 bridgehead atoms. The molecule has 1 aliphatic rings. The number of carbonyl (C=O) groups excluding carboxylic acids is 1. The molecular weight excluding hydrogens is 324 g/mol. The first-order valence-electron chi connectivity index (χ1n) is 9.36. The van der Waals surface area contributed by atoms with Gasteiger partial charge in [-0.25, -0.2) is 0 Å². The Morgan fingerprint density at radius 2 is 2.00 bits per heavy atom. The third-order valence-corrected chi connectivity index (χ3v) is 4.93. The number of aryl methyl sites for hydroxylation is 1. The predicted molar refractivity (Wildman–Crippen MR) is 104 cm³/mol. The molecule has 3 rings (SSSR count). The van der Waals surface area contributed by atoms with E-state index in [0.717, 1.165) is 31.6 Å². The molecule has 0 spiro atoms. The number of hydrogen-bond donors (Lipinski definition) is 1. The normalized spacial score (nSPS) is 14.0. The van der Waals surface area contributed by atoms with E-state index in [0.29, 0.717) is 13.0 Å². The van der Waals surface area contributed by atoms with Crippen molar-refractivity contribution in [2.45, 2.75) is 31.7 Å². The Morgan fingerprint density at radius 3 is 2.77 bits per heavy atom. The minimum Gasteiger partial charge on any atom is -0.493 e. The summed E-state index contributed by atoms with van der Waals surface area (Å²) in [6.45, 7) is 1.39. The lowest BCUT2D eigenvalue weighted by molar-refractivity contribution is -0.121. The van der Waals surface area contributed by atoms with E-state index >= 15 is 0 Å². The highest BCUT2D eigenvalue weighted by Crippen LogP contribution is 2.29. The van der Waals surface area contributed by atoms with E-state index in [9.17, 15) is 4.79 Å². The first-order valence-corrected chi connectivity index (χ1v) is 9.36. The molecule has 138 valence electrons. The van der Waals surface area contributed by atoms with Gasteiger partial charge in [0.1, 0.15) is 5.75 Å². The predicted octanol–water partition coefficient (Wildman–Crippen LogP) is 3.36. The molecule has 4 nitrogen and oxygen atoms in total. The lowest BCUT2D eigenvalue weighted by Gasteiger charge is -2.25. The number of fused-ring (bicyclic) bond motifs is 1. The molecule has 1 unspecified atom stereocenters. The van der Waals surface area contributed by atoms with Gasteiger partial charge in [0.15, 0.2) is 0 Å². The maximum Gasteiger partial charge on any atom is 0.220 e. The average Bonchev–Trinajstić information content (AvgIpc) is 3.10. The SMILES string of the molecule is CN(C)C(CNC(=O)CCCc1ccccc1)c1ccc2c(c1)CCO2. The lowest BCUT2D eigenvalue weighted by atomic mass is 10.0. The molecule has 0 aliphatic carbocycles. The molecule has 1 atom stereocenters. The Balaban J connectivity index is 1.50. The van der Waals surface area contributed by atoms with Gasteiger partial charge < -0.3 is 15.0 Å². The summed E-state index contributed by atoms with van der Waals surface area (Å²) in [5, 5.41) is 3.10. The van der Waals surface area contributed by atoms with Gasteiger partial charge >= 0.3 is 0 Å². The first-order chi connectivity index (χ1) is 12.6. The van der Waals surface area contributed by atoms with Crippen LogP contribution in [0, 0.1) is 0 Å². The topological polar surface area (TPSA) is 41.6 Å². The number of nitrogens with one attached hydrogen (secondary N) is 1. The van der Waals surface area contributed by atoms with E-state index < -0.39 is 0 Å². The molecule has 4 heteroatoms. The number of hydrogen-bond acceptors (Lipinski definition) is 3. The van der Waals surface area contributed by atoms with Gasteiger partial charge in [-0.2, -0.15) is 0 Å². The second-order valence-electron chi connectivity index (χ2n) is 7.09. The minimum absolute atomic E-state index is 0.122. The smallest absolute Gasteiger partial charge is 0.220 e. The number of likely N-dealkylation sites (N-methyl/N-ethyl adjacent to an activating group) is 1. The van der Waals surface area contributed by atoms with E-state index in [1.54, 1.807) is 0 Å². The monoisotopic (exact) mass is 352 g/mol. The summed E-state index contributed by atoms with van der Waals surface area (Å²) in [6, 6.07) is 16.9. The number of nitrogens with zero attached hydrogens (tertiary/aromatic N) is 1. The van der Waals surface area contributed by atoms with Crippen molar-refractivity contribution >= 4 is 5.91 Å². The summed E-state index contributed by atoms with van der Waals surface area (Å²) < 4.78 is 5.59. The Labute approximate surface area is 156 Å². The molecule has 0 aromatic heterocycles. The van der Waals surface area contributed by atoms with Crippen molar-refractivity contribution in [2.24, 2.45) is 0 Å².